The number of H-pyrrole nitrogens is 1. The van der Waals surface area contributed by atoms with Crippen molar-refractivity contribution >= 4 is 16.9 Å². The molecular formula is C31H30N4O2. The zero-order valence-electron chi connectivity index (χ0n) is 21.3. The van der Waals surface area contributed by atoms with Crippen LogP contribution >= 0.6 is 0 Å². The van der Waals surface area contributed by atoms with E-state index in [1.54, 1.807) is 0 Å². The van der Waals surface area contributed by atoms with E-state index >= 15 is 0 Å². The molecule has 3 aromatic carbocycles. The van der Waals surface area contributed by atoms with Crippen molar-refractivity contribution < 1.29 is 9.53 Å². The number of carbonyl (C=O) groups excluding carboxylic acids is 1. The Morgan fingerprint density at radius 1 is 0.892 bits per heavy atom. The van der Waals surface area contributed by atoms with Gasteiger partial charge in [0.1, 0.15) is 5.75 Å². The monoisotopic (exact) mass is 490 g/mol. The van der Waals surface area contributed by atoms with Crippen LogP contribution in [0.15, 0.2) is 78.9 Å². The van der Waals surface area contributed by atoms with Crippen LogP contribution in [0.1, 0.15) is 40.9 Å². The van der Waals surface area contributed by atoms with Gasteiger partial charge in [-0.1, -0.05) is 61.0 Å². The molecule has 2 N–H and O–H groups in total. The second-order valence-electron chi connectivity index (χ2n) is 9.03. The van der Waals surface area contributed by atoms with Gasteiger partial charge < -0.3 is 10.1 Å². The number of nitrogens with zero attached hydrogens (tertiary/aromatic N) is 2. The number of hydrogen-bond acceptors (Lipinski definition) is 4. The summed E-state index contributed by atoms with van der Waals surface area (Å²) in [5.74, 6) is 0.619. The van der Waals surface area contributed by atoms with Gasteiger partial charge in [-0.2, -0.15) is 5.10 Å². The van der Waals surface area contributed by atoms with Crippen LogP contribution in [0.5, 0.6) is 5.75 Å². The molecule has 0 aliphatic carbocycles. The third-order valence-electron chi connectivity index (χ3n) is 6.45. The molecular weight excluding hydrogens is 460 g/mol. The minimum absolute atomic E-state index is 0.173. The minimum atomic E-state index is -0.173. The summed E-state index contributed by atoms with van der Waals surface area (Å²) in [5.41, 5.74) is 7.81. The Balaban J connectivity index is 1.57. The number of aryl methyl sites for hydroxylation is 2. The summed E-state index contributed by atoms with van der Waals surface area (Å²) in [4.78, 5) is 18.4. The van der Waals surface area contributed by atoms with Gasteiger partial charge in [0, 0.05) is 17.7 Å². The molecule has 0 unspecified atom stereocenters. The van der Waals surface area contributed by atoms with Gasteiger partial charge in [0.05, 0.1) is 28.9 Å². The lowest BCUT2D eigenvalue weighted by atomic mass is 10.0. The largest absolute Gasteiger partial charge is 0.494 e. The summed E-state index contributed by atoms with van der Waals surface area (Å²) in [6.07, 6.45) is 0.962. The van der Waals surface area contributed by atoms with E-state index in [-0.39, 0.29) is 5.91 Å². The molecule has 0 radical (unpaired) electrons. The van der Waals surface area contributed by atoms with E-state index in [4.69, 9.17) is 9.72 Å². The molecule has 0 atom stereocenters. The topological polar surface area (TPSA) is 79.9 Å². The Bertz CT molecular complexity index is 1520. The van der Waals surface area contributed by atoms with Crippen molar-refractivity contribution in [3.8, 4) is 28.3 Å². The Hall–Kier alpha value is -4.45. The minimum Gasteiger partial charge on any atom is -0.494 e. The first-order valence-corrected chi connectivity index (χ1v) is 12.6. The van der Waals surface area contributed by atoms with E-state index in [0.29, 0.717) is 35.4 Å². The molecule has 0 aliphatic heterocycles. The molecule has 0 saturated carbocycles. The molecule has 5 aromatic rings. The highest BCUT2D eigenvalue weighted by atomic mass is 16.5. The lowest BCUT2D eigenvalue weighted by Crippen LogP contribution is -2.23. The molecule has 2 heterocycles. The molecule has 0 fully saturated rings. The second-order valence-corrected chi connectivity index (χ2v) is 9.03. The molecule has 0 spiro atoms. The highest BCUT2D eigenvalue weighted by Gasteiger charge is 2.20. The van der Waals surface area contributed by atoms with Gasteiger partial charge in [0.2, 0.25) is 0 Å². The maximum absolute atomic E-state index is 13.6. The second kappa shape index (κ2) is 10.7. The number of aromatic amines is 1. The van der Waals surface area contributed by atoms with E-state index < -0.39 is 0 Å². The van der Waals surface area contributed by atoms with Crippen molar-refractivity contribution in [2.24, 2.45) is 0 Å². The summed E-state index contributed by atoms with van der Waals surface area (Å²) >= 11 is 0. The molecule has 0 saturated heterocycles. The van der Waals surface area contributed by atoms with E-state index in [2.05, 4.69) is 46.7 Å². The number of pyridine rings is 1. The van der Waals surface area contributed by atoms with Crippen LogP contribution in [-0.4, -0.2) is 27.7 Å². The van der Waals surface area contributed by atoms with Crippen LogP contribution < -0.4 is 10.1 Å². The van der Waals surface area contributed by atoms with E-state index in [1.807, 2.05) is 68.4 Å². The van der Waals surface area contributed by atoms with Crippen LogP contribution in [0, 0.1) is 6.92 Å². The number of rotatable bonds is 8. The number of ether oxygens (including phenoxy) is 1. The SMILES string of the molecule is CCOc1ccc(-c2cc(C(=O)NCc3ccc(C)cc3)c3c(-c4ccc(CC)cc4)[nH]nc3n2)cc1. The van der Waals surface area contributed by atoms with Crippen LogP contribution in [0.25, 0.3) is 33.5 Å². The van der Waals surface area contributed by atoms with Gasteiger partial charge in [0.25, 0.3) is 5.91 Å². The fraction of sp³-hybridized carbons (Fsp3) is 0.194. The Morgan fingerprint density at radius 3 is 2.24 bits per heavy atom. The molecule has 37 heavy (non-hydrogen) atoms. The summed E-state index contributed by atoms with van der Waals surface area (Å²) in [6, 6.07) is 26.0. The molecule has 186 valence electrons. The average Bonchev–Trinajstić information content (AvgIpc) is 3.37. The third-order valence-corrected chi connectivity index (χ3v) is 6.45. The third kappa shape index (κ3) is 5.23. The van der Waals surface area contributed by atoms with Crippen molar-refractivity contribution in [3.63, 3.8) is 0 Å². The molecule has 0 bridgehead atoms. The lowest BCUT2D eigenvalue weighted by Gasteiger charge is -2.11. The maximum atomic E-state index is 13.6. The van der Waals surface area contributed by atoms with Gasteiger partial charge in [0.15, 0.2) is 5.65 Å². The highest BCUT2D eigenvalue weighted by molar-refractivity contribution is 6.11. The van der Waals surface area contributed by atoms with E-state index in [1.165, 1.54) is 11.1 Å². The average molecular weight is 491 g/mol. The van der Waals surface area contributed by atoms with Gasteiger partial charge in [-0.15, -0.1) is 0 Å². The molecule has 2 aromatic heterocycles. The smallest absolute Gasteiger partial charge is 0.252 e. The van der Waals surface area contributed by atoms with Crippen LogP contribution in [0.2, 0.25) is 0 Å². The van der Waals surface area contributed by atoms with Gasteiger partial charge in [-0.05, 0) is 61.7 Å². The van der Waals surface area contributed by atoms with Crippen molar-refractivity contribution in [1.29, 1.82) is 0 Å². The first-order chi connectivity index (χ1) is 18.1. The van der Waals surface area contributed by atoms with Crippen LogP contribution in [-0.2, 0) is 13.0 Å². The van der Waals surface area contributed by atoms with Gasteiger partial charge >= 0.3 is 0 Å². The normalized spacial score (nSPS) is 11.0. The molecule has 0 aliphatic rings. The summed E-state index contributed by atoms with van der Waals surface area (Å²) < 4.78 is 5.58. The number of fused-ring (bicyclic) bond motifs is 1. The molecule has 6 heteroatoms. The van der Waals surface area contributed by atoms with Crippen molar-refractivity contribution in [3.05, 3.63) is 101 Å². The zero-order chi connectivity index (χ0) is 25.8. The molecule has 6 nitrogen and oxygen atoms in total. The zero-order valence-corrected chi connectivity index (χ0v) is 21.3. The Labute approximate surface area is 216 Å². The van der Waals surface area contributed by atoms with Gasteiger partial charge in [-0.3, -0.25) is 9.89 Å². The number of amides is 1. The van der Waals surface area contributed by atoms with Gasteiger partial charge in [-0.25, -0.2) is 4.98 Å². The predicted molar refractivity (Wildman–Crippen MR) is 148 cm³/mol. The first-order valence-electron chi connectivity index (χ1n) is 12.6. The fourth-order valence-electron chi connectivity index (χ4n) is 4.34. The Kier molecular flexibility index (Phi) is 6.99. The molecule has 1 amide bonds. The number of nitrogens with one attached hydrogen (secondary N) is 2. The molecule has 5 rings (SSSR count). The number of hydrogen-bond donors (Lipinski definition) is 2. The van der Waals surface area contributed by atoms with Crippen molar-refractivity contribution in [1.82, 2.24) is 20.5 Å². The van der Waals surface area contributed by atoms with E-state index in [0.717, 1.165) is 34.6 Å². The summed E-state index contributed by atoms with van der Waals surface area (Å²) in [5, 5.41) is 11.4. The predicted octanol–water partition coefficient (Wildman–Crippen LogP) is 6.49. The number of benzene rings is 3. The maximum Gasteiger partial charge on any atom is 0.252 e. The van der Waals surface area contributed by atoms with E-state index in [9.17, 15) is 4.79 Å². The summed E-state index contributed by atoms with van der Waals surface area (Å²) in [6.45, 7) is 7.16. The standard InChI is InChI=1S/C31H30N4O2/c1-4-21-10-12-24(13-11-21)29-28-26(31(36)32-19-22-8-6-20(3)7-9-22)18-27(33-30(28)35-34-29)23-14-16-25(17-15-23)37-5-2/h6-18H,4-5,19H2,1-3H3,(H,32,36)(H,33,34,35). The van der Waals surface area contributed by atoms with Crippen LogP contribution in [0.3, 0.4) is 0 Å². The highest BCUT2D eigenvalue weighted by Crippen LogP contribution is 2.32. The number of aromatic nitrogens is 3. The summed E-state index contributed by atoms with van der Waals surface area (Å²) in [7, 11) is 0. The Morgan fingerprint density at radius 2 is 1.57 bits per heavy atom. The number of carbonyl (C=O) groups is 1. The first kappa shape index (κ1) is 24.3. The van der Waals surface area contributed by atoms with Crippen molar-refractivity contribution in [2.75, 3.05) is 6.61 Å². The quantitative estimate of drug-likeness (QED) is 0.260. The lowest BCUT2D eigenvalue weighted by molar-refractivity contribution is 0.0952. The van der Waals surface area contributed by atoms with Crippen LogP contribution in [0.4, 0.5) is 0 Å². The fourth-order valence-corrected chi connectivity index (χ4v) is 4.34. The van der Waals surface area contributed by atoms with Crippen molar-refractivity contribution in [2.45, 2.75) is 33.7 Å².